The van der Waals surface area contributed by atoms with Crippen molar-refractivity contribution in [1.82, 2.24) is 25.8 Å². The van der Waals surface area contributed by atoms with Crippen molar-refractivity contribution in [2.75, 3.05) is 33.2 Å². The summed E-state index contributed by atoms with van der Waals surface area (Å²) in [6, 6.07) is 8.02. The van der Waals surface area contributed by atoms with E-state index in [9.17, 15) is 29.1 Å². The van der Waals surface area contributed by atoms with Crippen molar-refractivity contribution in [2.45, 2.75) is 83.3 Å². The van der Waals surface area contributed by atoms with Crippen LogP contribution < -0.4 is 16.0 Å². The number of benzene rings is 2. The van der Waals surface area contributed by atoms with Gasteiger partial charge in [0.15, 0.2) is 0 Å². The molecular formula is C34H47N5O6. The lowest BCUT2D eigenvalue weighted by Crippen LogP contribution is -2.56. The van der Waals surface area contributed by atoms with Gasteiger partial charge in [-0.15, -0.1) is 0 Å². The van der Waals surface area contributed by atoms with Gasteiger partial charge in [0.2, 0.25) is 11.8 Å². The van der Waals surface area contributed by atoms with E-state index in [1.165, 1.54) is 0 Å². The van der Waals surface area contributed by atoms with E-state index < -0.39 is 41.8 Å². The number of amides is 4. The maximum atomic E-state index is 13.6. The second kappa shape index (κ2) is 15.9. The number of nitrogens with one attached hydrogen (secondary N) is 3. The summed E-state index contributed by atoms with van der Waals surface area (Å²) in [5.74, 6) is -2.73. The first-order valence-electron chi connectivity index (χ1n) is 16.2. The number of imide groups is 1. The van der Waals surface area contributed by atoms with Crippen LogP contribution in [0.5, 0.6) is 0 Å². The fraction of sp³-hybridized carbons (Fsp3) is 0.559. The van der Waals surface area contributed by atoms with Crippen molar-refractivity contribution in [3.05, 3.63) is 47.5 Å². The molecule has 244 valence electrons. The van der Waals surface area contributed by atoms with Crippen LogP contribution in [-0.4, -0.2) is 95.9 Å². The van der Waals surface area contributed by atoms with E-state index in [2.05, 4.69) is 27.9 Å². The predicted octanol–water partition coefficient (Wildman–Crippen LogP) is 3.17. The highest BCUT2D eigenvalue weighted by Gasteiger charge is 2.37. The fourth-order valence-electron chi connectivity index (χ4n) is 6.08. The number of rotatable bonds is 10. The fourth-order valence-corrected chi connectivity index (χ4v) is 6.08. The molecular weight excluding hydrogens is 574 g/mol. The van der Waals surface area contributed by atoms with Crippen LogP contribution in [0.3, 0.4) is 0 Å². The topological polar surface area (TPSA) is 148 Å². The zero-order valence-electron chi connectivity index (χ0n) is 26.6. The van der Waals surface area contributed by atoms with Crippen LogP contribution >= 0.6 is 0 Å². The molecule has 11 heteroatoms. The number of hydrogen-bond acceptors (Lipinski definition) is 7. The van der Waals surface area contributed by atoms with Gasteiger partial charge < -0.3 is 20.6 Å². The van der Waals surface area contributed by atoms with E-state index in [0.29, 0.717) is 30.5 Å². The molecule has 11 nitrogen and oxygen atoms in total. The molecule has 0 radical (unpaired) electrons. The minimum absolute atomic E-state index is 0.0532. The van der Waals surface area contributed by atoms with Gasteiger partial charge in [0.25, 0.3) is 11.8 Å². The second-order valence-electron chi connectivity index (χ2n) is 12.7. The average Bonchev–Trinajstić information content (AvgIpc) is 3.24. The first-order valence-corrected chi connectivity index (χ1v) is 16.2. The lowest BCUT2D eigenvalue weighted by atomic mass is 10.00. The number of carbonyl (C=O) groups is 5. The number of aliphatic carboxylic acids is 1. The van der Waals surface area contributed by atoms with E-state index in [0.717, 1.165) is 60.9 Å². The van der Waals surface area contributed by atoms with Gasteiger partial charge in [0.1, 0.15) is 12.1 Å². The van der Waals surface area contributed by atoms with Crippen LogP contribution in [0.1, 0.15) is 85.9 Å². The highest BCUT2D eigenvalue weighted by atomic mass is 16.4. The Kier molecular flexibility index (Phi) is 12.1. The standard InChI is InChI=1S/C34H47N5O6/c1-22(2)19-29(31(41)37-27-13-7-10-17-38(3)16-9-4-8-15-35-30(27)40)36-28(34(44)45)14-18-39-32(42)25-20-23-11-5-6-12-24(23)21-26(25)33(39)43/h5-6,11-12,20-22,27-29,36H,4,7-10,13-19H2,1-3H3,(H,35,40)(H,37,41)(H,44,45)/t27-,28+,29-/m0/s1. The van der Waals surface area contributed by atoms with Crippen LogP contribution in [-0.2, 0) is 14.4 Å². The number of carbonyl (C=O) groups excluding carboxylic acids is 4. The van der Waals surface area contributed by atoms with Crippen LogP contribution in [0.15, 0.2) is 36.4 Å². The van der Waals surface area contributed by atoms with E-state index >= 15 is 0 Å². The maximum absolute atomic E-state index is 13.6. The molecule has 2 aromatic carbocycles. The number of fused-ring (bicyclic) bond motifs is 2. The van der Waals surface area contributed by atoms with Crippen molar-refractivity contribution < 1.29 is 29.1 Å². The second-order valence-corrected chi connectivity index (χ2v) is 12.7. The molecule has 0 saturated carbocycles. The monoisotopic (exact) mass is 621 g/mol. The third-order valence-electron chi connectivity index (χ3n) is 8.63. The summed E-state index contributed by atoms with van der Waals surface area (Å²) in [6.45, 7) is 6.22. The largest absolute Gasteiger partial charge is 0.480 e. The van der Waals surface area contributed by atoms with Gasteiger partial charge in [-0.2, -0.15) is 0 Å². The Morgan fingerprint density at radius 3 is 2.16 bits per heavy atom. The lowest BCUT2D eigenvalue weighted by Gasteiger charge is -2.27. The quantitative estimate of drug-likeness (QED) is 0.296. The van der Waals surface area contributed by atoms with Crippen molar-refractivity contribution in [1.29, 1.82) is 0 Å². The smallest absolute Gasteiger partial charge is 0.320 e. The predicted molar refractivity (Wildman–Crippen MR) is 172 cm³/mol. The molecule has 0 aliphatic carbocycles. The summed E-state index contributed by atoms with van der Waals surface area (Å²) in [4.78, 5) is 68.7. The average molecular weight is 622 g/mol. The highest BCUT2D eigenvalue weighted by molar-refractivity contribution is 6.23. The van der Waals surface area contributed by atoms with Gasteiger partial charge in [0.05, 0.1) is 17.2 Å². The summed E-state index contributed by atoms with van der Waals surface area (Å²) >= 11 is 0. The van der Waals surface area contributed by atoms with E-state index in [1.807, 2.05) is 38.1 Å². The minimum atomic E-state index is -1.20. The zero-order chi connectivity index (χ0) is 32.5. The van der Waals surface area contributed by atoms with Crippen molar-refractivity contribution in [2.24, 2.45) is 5.92 Å². The lowest BCUT2D eigenvalue weighted by molar-refractivity contribution is -0.140. The molecule has 2 aliphatic heterocycles. The molecule has 2 aromatic rings. The SMILES string of the molecule is CC(C)C[C@H](N[C@H](CCN1C(=O)c2cc3ccccc3cc2C1=O)C(=O)O)C(=O)N[C@H]1CCCCN(C)CCCCCNC1=O. The van der Waals surface area contributed by atoms with Gasteiger partial charge in [-0.1, -0.05) is 44.5 Å². The maximum Gasteiger partial charge on any atom is 0.320 e. The highest BCUT2D eigenvalue weighted by Crippen LogP contribution is 2.28. The van der Waals surface area contributed by atoms with Gasteiger partial charge in [-0.05, 0) is 93.9 Å². The van der Waals surface area contributed by atoms with E-state index in [4.69, 9.17) is 0 Å². The first kappa shape index (κ1) is 34.1. The molecule has 0 spiro atoms. The molecule has 0 unspecified atom stereocenters. The Morgan fingerprint density at radius 1 is 0.933 bits per heavy atom. The normalized spacial score (nSPS) is 20.1. The Bertz CT molecular complexity index is 1340. The number of nitrogens with zero attached hydrogens (tertiary/aromatic N) is 2. The number of carboxylic acid groups (broad SMARTS) is 1. The van der Waals surface area contributed by atoms with Crippen molar-refractivity contribution in [3.63, 3.8) is 0 Å². The first-order chi connectivity index (χ1) is 21.5. The molecule has 4 amide bonds. The molecule has 0 aromatic heterocycles. The Labute approximate surface area is 265 Å². The Morgan fingerprint density at radius 2 is 1.56 bits per heavy atom. The van der Waals surface area contributed by atoms with Crippen LogP contribution in [0.25, 0.3) is 10.8 Å². The molecule has 2 heterocycles. The van der Waals surface area contributed by atoms with E-state index in [1.54, 1.807) is 12.1 Å². The van der Waals surface area contributed by atoms with Crippen LogP contribution in [0.4, 0.5) is 0 Å². The van der Waals surface area contributed by atoms with Crippen LogP contribution in [0.2, 0.25) is 0 Å². The molecule has 4 rings (SSSR count). The third-order valence-corrected chi connectivity index (χ3v) is 8.63. The summed E-state index contributed by atoms with van der Waals surface area (Å²) in [5.41, 5.74) is 0.598. The van der Waals surface area contributed by atoms with Gasteiger partial charge in [-0.25, -0.2) is 0 Å². The van der Waals surface area contributed by atoms with Crippen LogP contribution in [0, 0.1) is 5.92 Å². The molecule has 3 atom stereocenters. The van der Waals surface area contributed by atoms with Crippen molar-refractivity contribution in [3.8, 4) is 0 Å². The Balaban J connectivity index is 1.42. The number of carboxylic acids is 1. The van der Waals surface area contributed by atoms with Gasteiger partial charge >= 0.3 is 5.97 Å². The molecule has 1 saturated heterocycles. The minimum Gasteiger partial charge on any atom is -0.480 e. The summed E-state index contributed by atoms with van der Waals surface area (Å²) < 4.78 is 0. The Hall–Kier alpha value is -3.83. The van der Waals surface area contributed by atoms with Gasteiger partial charge in [0, 0.05) is 13.1 Å². The summed E-state index contributed by atoms with van der Waals surface area (Å²) in [7, 11) is 2.10. The summed E-state index contributed by atoms with van der Waals surface area (Å²) in [5, 5.41) is 20.6. The summed E-state index contributed by atoms with van der Waals surface area (Å²) in [6.07, 6.45) is 5.35. The molecule has 0 bridgehead atoms. The van der Waals surface area contributed by atoms with Gasteiger partial charge in [-0.3, -0.25) is 34.2 Å². The molecule has 1 fully saturated rings. The molecule has 45 heavy (non-hydrogen) atoms. The molecule has 4 N–H and O–H groups in total. The zero-order valence-corrected chi connectivity index (χ0v) is 26.6. The van der Waals surface area contributed by atoms with Crippen molar-refractivity contribution >= 4 is 40.4 Å². The molecule has 2 aliphatic rings. The third kappa shape index (κ3) is 9.11. The number of hydrogen-bond donors (Lipinski definition) is 4. The van der Waals surface area contributed by atoms with E-state index in [-0.39, 0.29) is 24.8 Å².